The minimum atomic E-state index is -0.392. The van der Waals surface area contributed by atoms with Crippen LogP contribution in [-0.2, 0) is 4.74 Å². The Kier molecular flexibility index (Phi) is 3.69. The maximum absolute atomic E-state index is 13.4. The molecule has 0 spiro atoms. The number of methoxy groups -OCH3 is 1. The molecule has 13 heavy (non-hydrogen) atoms. The quantitative estimate of drug-likeness (QED) is 0.767. The Labute approximate surface area is 84.8 Å². The van der Waals surface area contributed by atoms with Gasteiger partial charge >= 0.3 is 0 Å². The molecule has 0 saturated heterocycles. The van der Waals surface area contributed by atoms with Crippen LogP contribution in [0.3, 0.4) is 0 Å². The molecule has 0 aliphatic carbocycles. The second-order valence-corrected chi connectivity index (χ2v) is 3.35. The Morgan fingerprint density at radius 3 is 2.77 bits per heavy atom. The van der Waals surface area contributed by atoms with Crippen molar-refractivity contribution in [2.45, 2.75) is 6.92 Å². The summed E-state index contributed by atoms with van der Waals surface area (Å²) in [5.41, 5.74) is 0.835. The molecule has 0 amide bonds. The summed E-state index contributed by atoms with van der Waals surface area (Å²) >= 11 is 3.13. The number of hydrogen-bond donors (Lipinski definition) is 0. The maximum atomic E-state index is 13.4. The minimum absolute atomic E-state index is 0.0480. The van der Waals surface area contributed by atoms with Crippen molar-refractivity contribution in [1.29, 1.82) is 0 Å². The molecule has 1 aromatic carbocycles. The van der Waals surface area contributed by atoms with Crippen molar-refractivity contribution in [3.63, 3.8) is 0 Å². The van der Waals surface area contributed by atoms with Crippen molar-refractivity contribution in [3.8, 4) is 5.75 Å². The summed E-state index contributed by atoms with van der Waals surface area (Å²) in [6.07, 6.45) is 0. The fourth-order valence-corrected chi connectivity index (χ4v) is 1.19. The molecule has 0 aliphatic heterocycles. The molecule has 2 nitrogen and oxygen atoms in total. The monoisotopic (exact) mass is 248 g/mol. The third-order valence-corrected chi connectivity index (χ3v) is 2.55. The Morgan fingerprint density at radius 1 is 1.46 bits per heavy atom. The average molecular weight is 249 g/mol. The van der Waals surface area contributed by atoms with Crippen LogP contribution < -0.4 is 4.74 Å². The largest absolute Gasteiger partial charge is 0.464 e. The van der Waals surface area contributed by atoms with E-state index in [2.05, 4.69) is 20.7 Å². The van der Waals surface area contributed by atoms with Gasteiger partial charge in [0.15, 0.2) is 18.4 Å². The van der Waals surface area contributed by atoms with E-state index in [1.807, 2.05) is 6.92 Å². The van der Waals surface area contributed by atoms with Crippen LogP contribution in [0.1, 0.15) is 5.56 Å². The zero-order chi connectivity index (χ0) is 9.84. The molecule has 0 heterocycles. The van der Waals surface area contributed by atoms with Crippen molar-refractivity contribution < 1.29 is 13.9 Å². The molecule has 0 radical (unpaired) electrons. The van der Waals surface area contributed by atoms with Gasteiger partial charge in [-0.1, -0.05) is 6.07 Å². The van der Waals surface area contributed by atoms with Gasteiger partial charge < -0.3 is 9.47 Å². The molecule has 0 bridgehead atoms. The molecule has 0 aromatic heterocycles. The van der Waals surface area contributed by atoms with Crippen molar-refractivity contribution in [3.05, 3.63) is 28.0 Å². The highest BCUT2D eigenvalue weighted by Gasteiger charge is 2.09. The summed E-state index contributed by atoms with van der Waals surface area (Å²) in [6, 6.07) is 3.35. The van der Waals surface area contributed by atoms with Gasteiger partial charge in [-0.3, -0.25) is 0 Å². The first-order valence-corrected chi connectivity index (χ1v) is 4.52. The molecule has 0 N–H and O–H groups in total. The van der Waals surface area contributed by atoms with E-state index >= 15 is 0 Å². The lowest BCUT2D eigenvalue weighted by Crippen LogP contribution is -2.01. The van der Waals surface area contributed by atoms with Gasteiger partial charge in [0.2, 0.25) is 0 Å². The van der Waals surface area contributed by atoms with Crippen LogP contribution in [0.15, 0.2) is 16.6 Å². The lowest BCUT2D eigenvalue weighted by atomic mass is 10.2. The van der Waals surface area contributed by atoms with Gasteiger partial charge in [0.25, 0.3) is 0 Å². The highest BCUT2D eigenvalue weighted by Crippen LogP contribution is 2.27. The fraction of sp³-hybridized carbons (Fsp3) is 0.333. The third-order valence-electron chi connectivity index (χ3n) is 1.57. The van der Waals surface area contributed by atoms with E-state index in [-0.39, 0.29) is 12.5 Å². The number of aryl methyl sites for hydroxylation is 1. The maximum Gasteiger partial charge on any atom is 0.188 e. The van der Waals surface area contributed by atoms with Crippen LogP contribution in [0.2, 0.25) is 0 Å². The molecular formula is C9H10BrFO2. The molecule has 1 aromatic rings. The highest BCUT2D eigenvalue weighted by molar-refractivity contribution is 9.10. The fourth-order valence-electron chi connectivity index (χ4n) is 0.862. The molecule has 1 rings (SSSR count). The lowest BCUT2D eigenvalue weighted by Gasteiger charge is -2.07. The molecule has 0 fully saturated rings. The predicted molar refractivity (Wildman–Crippen MR) is 51.3 cm³/mol. The van der Waals surface area contributed by atoms with Crippen LogP contribution in [0.4, 0.5) is 4.39 Å². The van der Waals surface area contributed by atoms with Gasteiger partial charge in [0.05, 0.1) is 4.47 Å². The number of benzene rings is 1. The summed E-state index contributed by atoms with van der Waals surface area (Å²) in [5.74, 6) is -0.198. The number of halogens is 2. The van der Waals surface area contributed by atoms with Crippen molar-refractivity contribution in [1.82, 2.24) is 0 Å². The zero-order valence-corrected chi connectivity index (χ0v) is 9.02. The molecule has 72 valence electrons. The van der Waals surface area contributed by atoms with E-state index in [9.17, 15) is 4.39 Å². The highest BCUT2D eigenvalue weighted by atomic mass is 79.9. The predicted octanol–water partition coefficient (Wildman–Crippen LogP) is 2.88. The molecule has 0 unspecified atom stereocenters. The first-order chi connectivity index (χ1) is 6.16. The first-order valence-electron chi connectivity index (χ1n) is 3.73. The topological polar surface area (TPSA) is 18.5 Å². The number of ether oxygens (including phenoxy) is 2. The summed E-state index contributed by atoms with van der Waals surface area (Å²) in [4.78, 5) is 0. The van der Waals surface area contributed by atoms with E-state index in [0.29, 0.717) is 4.47 Å². The second kappa shape index (κ2) is 4.58. The van der Waals surface area contributed by atoms with Crippen LogP contribution in [0, 0.1) is 12.7 Å². The van der Waals surface area contributed by atoms with Gasteiger partial charge in [-0.15, -0.1) is 0 Å². The van der Waals surface area contributed by atoms with Crippen molar-refractivity contribution in [2.24, 2.45) is 0 Å². The van der Waals surface area contributed by atoms with Gasteiger partial charge in [0, 0.05) is 7.11 Å². The van der Waals surface area contributed by atoms with Gasteiger partial charge in [0.1, 0.15) is 0 Å². The Bertz CT molecular complexity index is 302. The van der Waals surface area contributed by atoms with E-state index in [1.165, 1.54) is 7.11 Å². The van der Waals surface area contributed by atoms with E-state index in [1.54, 1.807) is 12.1 Å². The van der Waals surface area contributed by atoms with Crippen LogP contribution in [0.5, 0.6) is 5.75 Å². The van der Waals surface area contributed by atoms with Gasteiger partial charge in [-0.05, 0) is 34.5 Å². The molecule has 0 atom stereocenters. The smallest absolute Gasteiger partial charge is 0.188 e. The lowest BCUT2D eigenvalue weighted by molar-refractivity contribution is 0.0482. The number of rotatable bonds is 3. The van der Waals surface area contributed by atoms with E-state index < -0.39 is 5.82 Å². The minimum Gasteiger partial charge on any atom is -0.464 e. The molecular weight excluding hydrogens is 239 g/mol. The average Bonchev–Trinajstić information content (AvgIpc) is 2.13. The summed E-state index contributed by atoms with van der Waals surface area (Å²) in [7, 11) is 1.49. The number of hydrogen-bond acceptors (Lipinski definition) is 2. The Hall–Kier alpha value is -0.610. The summed E-state index contributed by atoms with van der Waals surface area (Å²) < 4.78 is 23.5. The third kappa shape index (κ3) is 2.42. The molecule has 0 saturated carbocycles. The summed E-state index contributed by atoms with van der Waals surface area (Å²) in [5, 5.41) is 0. The van der Waals surface area contributed by atoms with Gasteiger partial charge in [-0.25, -0.2) is 4.39 Å². The van der Waals surface area contributed by atoms with Crippen molar-refractivity contribution in [2.75, 3.05) is 13.9 Å². The second-order valence-electron chi connectivity index (χ2n) is 2.56. The first kappa shape index (κ1) is 10.5. The normalized spacial score (nSPS) is 10.2. The SMILES string of the molecule is COCOc1ccc(C)c(Br)c1F. The van der Waals surface area contributed by atoms with Gasteiger partial charge in [-0.2, -0.15) is 0 Å². The molecule has 4 heteroatoms. The Morgan fingerprint density at radius 2 is 2.15 bits per heavy atom. The molecule has 0 aliphatic rings. The van der Waals surface area contributed by atoms with Crippen molar-refractivity contribution >= 4 is 15.9 Å². The van der Waals surface area contributed by atoms with E-state index in [0.717, 1.165) is 5.56 Å². The standard InChI is InChI=1S/C9H10BrFO2/c1-6-3-4-7(13-5-12-2)9(11)8(6)10/h3-4H,5H2,1-2H3. The Balaban J connectivity index is 2.90. The van der Waals surface area contributed by atoms with Crippen LogP contribution in [0.25, 0.3) is 0 Å². The zero-order valence-electron chi connectivity index (χ0n) is 7.43. The summed E-state index contributed by atoms with van der Waals surface area (Å²) in [6.45, 7) is 1.86. The van der Waals surface area contributed by atoms with Crippen LogP contribution >= 0.6 is 15.9 Å². The van der Waals surface area contributed by atoms with E-state index in [4.69, 9.17) is 4.74 Å². The van der Waals surface area contributed by atoms with Crippen LogP contribution in [-0.4, -0.2) is 13.9 Å².